The molecule has 0 atom stereocenters. The van der Waals surface area contributed by atoms with Gasteiger partial charge in [0.2, 0.25) is 5.88 Å². The SMILES string of the molecule is O=c1[nH]n(-c2ccccc2Cl)c(O)c1CCO. The third kappa shape index (κ3) is 2.07. The van der Waals surface area contributed by atoms with Crippen LogP contribution in [0, 0.1) is 0 Å². The smallest absolute Gasteiger partial charge is 0.271 e. The van der Waals surface area contributed by atoms with E-state index in [1.54, 1.807) is 24.3 Å². The third-order valence-electron chi connectivity index (χ3n) is 2.42. The van der Waals surface area contributed by atoms with Gasteiger partial charge in [-0.3, -0.25) is 9.89 Å². The zero-order valence-corrected chi connectivity index (χ0v) is 9.61. The average molecular weight is 255 g/mol. The van der Waals surface area contributed by atoms with Gasteiger partial charge >= 0.3 is 0 Å². The Balaban J connectivity index is 2.58. The number of aliphatic hydroxyl groups excluding tert-OH is 1. The van der Waals surface area contributed by atoms with Crippen LogP contribution in [-0.2, 0) is 6.42 Å². The summed E-state index contributed by atoms with van der Waals surface area (Å²) in [7, 11) is 0. The Morgan fingerprint density at radius 1 is 1.35 bits per heavy atom. The molecule has 6 heteroatoms. The molecule has 0 bridgehead atoms. The fourth-order valence-electron chi connectivity index (χ4n) is 1.60. The zero-order chi connectivity index (χ0) is 12.4. The third-order valence-corrected chi connectivity index (χ3v) is 2.74. The number of rotatable bonds is 3. The fourth-order valence-corrected chi connectivity index (χ4v) is 1.82. The second kappa shape index (κ2) is 4.65. The summed E-state index contributed by atoms with van der Waals surface area (Å²) in [4.78, 5) is 11.5. The topological polar surface area (TPSA) is 78.2 Å². The van der Waals surface area contributed by atoms with E-state index in [1.807, 2.05) is 0 Å². The summed E-state index contributed by atoms with van der Waals surface area (Å²) in [5.41, 5.74) is 0.192. The van der Waals surface area contributed by atoms with E-state index >= 15 is 0 Å². The van der Waals surface area contributed by atoms with E-state index in [9.17, 15) is 9.90 Å². The molecule has 0 aliphatic carbocycles. The van der Waals surface area contributed by atoms with Crippen LogP contribution in [0.25, 0.3) is 5.69 Å². The van der Waals surface area contributed by atoms with Gasteiger partial charge in [-0.15, -0.1) is 0 Å². The molecule has 0 aliphatic heterocycles. The van der Waals surface area contributed by atoms with Crippen LogP contribution in [-0.4, -0.2) is 26.6 Å². The quantitative estimate of drug-likeness (QED) is 0.766. The summed E-state index contributed by atoms with van der Waals surface area (Å²) in [6.07, 6.45) is 0.0959. The first-order valence-electron chi connectivity index (χ1n) is 5.03. The van der Waals surface area contributed by atoms with Crippen molar-refractivity contribution in [1.82, 2.24) is 9.78 Å². The van der Waals surface area contributed by atoms with Crippen LogP contribution >= 0.6 is 11.6 Å². The molecule has 1 heterocycles. The van der Waals surface area contributed by atoms with Gasteiger partial charge in [0, 0.05) is 13.0 Å². The molecule has 0 amide bonds. The highest BCUT2D eigenvalue weighted by Gasteiger charge is 2.15. The van der Waals surface area contributed by atoms with Gasteiger partial charge in [-0.25, -0.2) is 4.68 Å². The number of hydrogen-bond acceptors (Lipinski definition) is 3. The second-order valence-electron chi connectivity index (χ2n) is 3.50. The van der Waals surface area contributed by atoms with Gasteiger partial charge in [-0.1, -0.05) is 23.7 Å². The number of aromatic hydroxyl groups is 1. The maximum Gasteiger partial charge on any atom is 0.271 e. The van der Waals surface area contributed by atoms with E-state index in [-0.39, 0.29) is 24.5 Å². The van der Waals surface area contributed by atoms with Gasteiger partial charge in [0.25, 0.3) is 5.56 Å². The van der Waals surface area contributed by atoms with Gasteiger partial charge < -0.3 is 10.2 Å². The Morgan fingerprint density at radius 2 is 2.06 bits per heavy atom. The van der Waals surface area contributed by atoms with Crippen molar-refractivity contribution in [2.75, 3.05) is 6.61 Å². The van der Waals surface area contributed by atoms with Crippen LogP contribution in [0.2, 0.25) is 5.02 Å². The van der Waals surface area contributed by atoms with Crippen molar-refractivity contribution in [1.29, 1.82) is 0 Å². The summed E-state index contributed by atoms with van der Waals surface area (Å²) < 4.78 is 1.20. The molecule has 5 nitrogen and oxygen atoms in total. The number of halogens is 1. The highest BCUT2D eigenvalue weighted by Crippen LogP contribution is 2.24. The lowest BCUT2D eigenvalue weighted by molar-refractivity contribution is 0.296. The lowest BCUT2D eigenvalue weighted by atomic mass is 10.2. The van der Waals surface area contributed by atoms with Crippen molar-refractivity contribution < 1.29 is 10.2 Å². The van der Waals surface area contributed by atoms with Crippen LogP contribution in [0.3, 0.4) is 0 Å². The van der Waals surface area contributed by atoms with E-state index in [2.05, 4.69) is 5.10 Å². The minimum atomic E-state index is -0.434. The number of aliphatic hydroxyl groups is 1. The Bertz CT molecular complexity index is 589. The number of aromatic nitrogens is 2. The summed E-state index contributed by atoms with van der Waals surface area (Å²) in [5.74, 6) is -0.225. The normalized spacial score (nSPS) is 10.7. The summed E-state index contributed by atoms with van der Waals surface area (Å²) >= 11 is 5.97. The molecule has 0 aliphatic rings. The highest BCUT2D eigenvalue weighted by atomic mass is 35.5. The first kappa shape index (κ1) is 11.8. The number of hydrogen-bond donors (Lipinski definition) is 3. The molecule has 0 radical (unpaired) electrons. The van der Waals surface area contributed by atoms with E-state index in [1.165, 1.54) is 4.68 Å². The van der Waals surface area contributed by atoms with Gasteiger partial charge in [-0.2, -0.15) is 0 Å². The van der Waals surface area contributed by atoms with Crippen molar-refractivity contribution in [3.05, 3.63) is 45.2 Å². The lowest BCUT2D eigenvalue weighted by Gasteiger charge is -2.06. The van der Waals surface area contributed by atoms with Crippen LogP contribution in [0.15, 0.2) is 29.1 Å². The molecular weight excluding hydrogens is 244 g/mol. The highest BCUT2D eigenvalue weighted by molar-refractivity contribution is 6.32. The molecule has 0 unspecified atom stereocenters. The summed E-state index contributed by atoms with van der Waals surface area (Å²) in [6, 6.07) is 6.81. The Morgan fingerprint density at radius 3 is 2.71 bits per heavy atom. The van der Waals surface area contributed by atoms with Crippen LogP contribution in [0.1, 0.15) is 5.56 Å². The molecule has 1 aromatic heterocycles. The predicted molar refractivity (Wildman–Crippen MR) is 63.9 cm³/mol. The molecule has 17 heavy (non-hydrogen) atoms. The molecule has 0 spiro atoms. The van der Waals surface area contributed by atoms with Crippen LogP contribution in [0.4, 0.5) is 0 Å². The number of benzene rings is 1. The maximum atomic E-state index is 11.5. The van der Waals surface area contributed by atoms with Crippen LogP contribution < -0.4 is 5.56 Å². The van der Waals surface area contributed by atoms with E-state index in [4.69, 9.17) is 16.7 Å². The standard InChI is InChI=1S/C11H11ClN2O3/c12-8-3-1-2-4-9(8)14-11(17)7(5-6-15)10(16)13-14/h1-4,15,17H,5-6H2,(H,13,16). The van der Waals surface area contributed by atoms with Gasteiger partial charge in [-0.05, 0) is 12.1 Å². The van der Waals surface area contributed by atoms with Gasteiger partial charge in [0.15, 0.2) is 0 Å². The van der Waals surface area contributed by atoms with Crippen molar-refractivity contribution in [2.45, 2.75) is 6.42 Å². The lowest BCUT2D eigenvalue weighted by Crippen LogP contribution is -2.08. The molecule has 0 saturated carbocycles. The van der Waals surface area contributed by atoms with Gasteiger partial charge in [0.05, 0.1) is 16.3 Å². The Labute approximate surface area is 102 Å². The van der Waals surface area contributed by atoms with Crippen molar-refractivity contribution in [3.8, 4) is 11.6 Å². The maximum absolute atomic E-state index is 11.5. The second-order valence-corrected chi connectivity index (χ2v) is 3.91. The predicted octanol–water partition coefficient (Wildman–Crippen LogP) is 1.06. The average Bonchev–Trinajstić information content (AvgIpc) is 2.58. The van der Waals surface area contributed by atoms with E-state index in [0.29, 0.717) is 10.7 Å². The Hall–Kier alpha value is -1.72. The van der Waals surface area contributed by atoms with Crippen molar-refractivity contribution in [3.63, 3.8) is 0 Å². The molecule has 0 fully saturated rings. The monoisotopic (exact) mass is 254 g/mol. The zero-order valence-electron chi connectivity index (χ0n) is 8.85. The molecule has 3 N–H and O–H groups in total. The first-order chi connectivity index (χ1) is 8.15. The van der Waals surface area contributed by atoms with Crippen molar-refractivity contribution in [2.24, 2.45) is 0 Å². The molecule has 90 valence electrons. The molecule has 2 rings (SSSR count). The minimum absolute atomic E-state index is 0.0959. The number of aromatic amines is 1. The molecule has 2 aromatic rings. The summed E-state index contributed by atoms with van der Waals surface area (Å²) in [5, 5.41) is 21.6. The molecule has 1 aromatic carbocycles. The largest absolute Gasteiger partial charge is 0.493 e. The van der Waals surface area contributed by atoms with E-state index in [0.717, 1.165) is 0 Å². The molecule has 0 saturated heterocycles. The number of nitrogens with zero attached hydrogens (tertiary/aromatic N) is 1. The number of para-hydroxylation sites is 1. The number of nitrogens with one attached hydrogen (secondary N) is 1. The Kier molecular flexibility index (Phi) is 3.21. The van der Waals surface area contributed by atoms with E-state index < -0.39 is 5.56 Å². The van der Waals surface area contributed by atoms with Crippen LogP contribution in [0.5, 0.6) is 5.88 Å². The van der Waals surface area contributed by atoms with Crippen molar-refractivity contribution >= 4 is 11.6 Å². The minimum Gasteiger partial charge on any atom is -0.493 e. The first-order valence-corrected chi connectivity index (χ1v) is 5.41. The number of H-pyrrole nitrogens is 1. The molecular formula is C11H11ClN2O3. The fraction of sp³-hybridized carbons (Fsp3) is 0.182. The van der Waals surface area contributed by atoms with Gasteiger partial charge in [0.1, 0.15) is 0 Å². The summed E-state index contributed by atoms with van der Waals surface area (Å²) in [6.45, 7) is -0.205.